The van der Waals surface area contributed by atoms with Gasteiger partial charge >= 0.3 is 6.18 Å². The van der Waals surface area contributed by atoms with Crippen LogP contribution in [0.15, 0.2) is 57.5 Å². The largest absolute Gasteiger partial charge is 0.419 e. The fourth-order valence-corrected chi connectivity index (χ4v) is 6.28. The molecule has 9 nitrogen and oxygen atoms in total. The fraction of sp³-hybridized carbons (Fsp3) is 0.481. The lowest BCUT2D eigenvalue weighted by atomic mass is 9.89. The van der Waals surface area contributed by atoms with Crippen molar-refractivity contribution in [1.82, 2.24) is 9.62 Å². The molecule has 1 aliphatic carbocycles. The maximum Gasteiger partial charge on any atom is 0.419 e. The summed E-state index contributed by atoms with van der Waals surface area (Å²) < 4.78 is 87.0. The lowest BCUT2D eigenvalue weighted by Crippen LogP contribution is -2.50. The van der Waals surface area contributed by atoms with Gasteiger partial charge in [-0.05, 0) is 62.5 Å². The Labute approximate surface area is 235 Å². The number of amidine groups is 1. The smallest absolute Gasteiger partial charge is 0.394 e. The van der Waals surface area contributed by atoms with Crippen LogP contribution in [0.25, 0.3) is 0 Å². The molecule has 2 unspecified atom stereocenters. The first-order valence-electron chi connectivity index (χ1n) is 12.9. The molecule has 3 N–H and O–H groups in total. The van der Waals surface area contributed by atoms with E-state index in [1.807, 2.05) is 13.0 Å². The number of carbonyl (C=O) groups excluding carboxylic acids is 1. The van der Waals surface area contributed by atoms with Crippen LogP contribution < -0.4 is 5.32 Å². The monoisotopic (exact) mass is 601 g/mol. The summed E-state index contributed by atoms with van der Waals surface area (Å²) >= 11 is 0. The summed E-state index contributed by atoms with van der Waals surface area (Å²) in [6, 6.07) is 2.72. The molecule has 4 rings (SSSR count). The zero-order valence-corrected chi connectivity index (χ0v) is 23.2. The first-order valence-corrected chi connectivity index (χ1v) is 14.4. The SMILES string of the molecule is CC1=CC(OCC(O)CO)CC(C)=C1/C=C/S(=O)(=O)N1CCC2(CC1)N=C(c1cccc(C(F)(F)F)c1F)NC2=O. The number of aliphatic hydroxyl groups excluding tert-OH is 2. The van der Waals surface area contributed by atoms with Gasteiger partial charge in [-0.25, -0.2) is 12.8 Å². The van der Waals surface area contributed by atoms with Crippen molar-refractivity contribution in [2.24, 2.45) is 4.99 Å². The summed E-state index contributed by atoms with van der Waals surface area (Å²) in [5.74, 6) is -2.48. The number of allylic oxidation sites excluding steroid dienone is 3. The van der Waals surface area contributed by atoms with E-state index in [4.69, 9.17) is 9.84 Å². The average molecular weight is 602 g/mol. The zero-order chi connectivity index (χ0) is 30.2. The number of aliphatic imine (C=N–C) groups is 1. The normalized spacial score (nSPS) is 22.7. The van der Waals surface area contributed by atoms with Crippen molar-refractivity contribution in [2.75, 3.05) is 26.3 Å². The second kappa shape index (κ2) is 11.8. The van der Waals surface area contributed by atoms with Gasteiger partial charge in [-0.3, -0.25) is 9.79 Å². The number of amides is 1. The average Bonchev–Trinajstić information content (AvgIpc) is 3.21. The molecule has 0 saturated carbocycles. The Kier molecular flexibility index (Phi) is 8.90. The summed E-state index contributed by atoms with van der Waals surface area (Å²) in [5, 5.41) is 21.9. The van der Waals surface area contributed by atoms with Gasteiger partial charge in [0.05, 0.1) is 30.4 Å². The quantitative estimate of drug-likeness (QED) is 0.394. The maximum absolute atomic E-state index is 14.6. The van der Waals surface area contributed by atoms with Gasteiger partial charge in [0.1, 0.15) is 23.3 Å². The molecule has 1 spiro atoms. The van der Waals surface area contributed by atoms with E-state index < -0.39 is 57.3 Å². The number of nitrogens with zero attached hydrogens (tertiary/aromatic N) is 2. The minimum absolute atomic E-state index is 0.0324. The number of alkyl halides is 3. The fourth-order valence-electron chi connectivity index (χ4n) is 5.11. The van der Waals surface area contributed by atoms with Gasteiger partial charge < -0.3 is 20.3 Å². The number of rotatable bonds is 8. The standard InChI is InChI=1S/C27H31F4N3O6S/c1-16-12-19(40-15-18(36)14-35)13-17(2)20(16)6-11-41(38,39)34-9-7-26(8-10-34)25(37)32-24(33-26)21-4-3-5-22(23(21)28)27(29,30)31/h3-6,11-12,18-19,35-36H,7-10,13-15H2,1-2H3,(H,32,33,37)/b11-6+. The molecule has 0 radical (unpaired) electrons. The predicted octanol–water partition coefficient (Wildman–Crippen LogP) is 2.80. The van der Waals surface area contributed by atoms with Crippen molar-refractivity contribution in [2.45, 2.75) is 57.0 Å². The van der Waals surface area contributed by atoms with Crippen molar-refractivity contribution < 1.29 is 45.7 Å². The van der Waals surface area contributed by atoms with Crippen LogP contribution in [0, 0.1) is 5.82 Å². The molecular weight excluding hydrogens is 570 g/mol. The minimum Gasteiger partial charge on any atom is -0.394 e. The first kappa shape index (κ1) is 31.0. The molecule has 224 valence electrons. The van der Waals surface area contributed by atoms with Crippen LogP contribution in [0.5, 0.6) is 0 Å². The molecule has 1 fully saturated rings. The van der Waals surface area contributed by atoms with Gasteiger partial charge in [0, 0.05) is 18.5 Å². The van der Waals surface area contributed by atoms with E-state index in [2.05, 4.69) is 10.3 Å². The van der Waals surface area contributed by atoms with Crippen molar-refractivity contribution >= 4 is 21.8 Å². The van der Waals surface area contributed by atoms with Crippen molar-refractivity contribution in [3.63, 3.8) is 0 Å². The molecule has 14 heteroatoms. The van der Waals surface area contributed by atoms with E-state index in [0.717, 1.165) is 34.3 Å². The van der Waals surface area contributed by atoms with Gasteiger partial charge in [-0.2, -0.15) is 17.5 Å². The highest BCUT2D eigenvalue weighted by molar-refractivity contribution is 7.92. The highest BCUT2D eigenvalue weighted by Crippen LogP contribution is 2.36. The van der Waals surface area contributed by atoms with E-state index in [9.17, 15) is 35.9 Å². The number of hydrogen-bond acceptors (Lipinski definition) is 7. The zero-order valence-electron chi connectivity index (χ0n) is 22.4. The molecule has 41 heavy (non-hydrogen) atoms. The number of hydrogen-bond donors (Lipinski definition) is 3. The van der Waals surface area contributed by atoms with E-state index >= 15 is 0 Å². The third-order valence-corrected chi connectivity index (χ3v) is 8.96. The van der Waals surface area contributed by atoms with Gasteiger partial charge in [-0.1, -0.05) is 17.7 Å². The maximum atomic E-state index is 14.6. The number of piperidine rings is 1. The highest BCUT2D eigenvalue weighted by atomic mass is 32.2. The molecule has 2 heterocycles. The van der Waals surface area contributed by atoms with Crippen molar-refractivity contribution in [3.8, 4) is 0 Å². The molecule has 0 aromatic heterocycles. The summed E-state index contributed by atoms with van der Waals surface area (Å²) in [4.78, 5) is 17.1. The van der Waals surface area contributed by atoms with Crippen LogP contribution in [-0.2, 0) is 25.7 Å². The Morgan fingerprint density at radius 1 is 1.27 bits per heavy atom. The lowest BCUT2D eigenvalue weighted by molar-refractivity contribution is -0.140. The number of halogens is 4. The highest BCUT2D eigenvalue weighted by Gasteiger charge is 2.48. The second-order valence-corrected chi connectivity index (χ2v) is 12.1. The Balaban J connectivity index is 1.44. The van der Waals surface area contributed by atoms with Crippen molar-refractivity contribution in [1.29, 1.82) is 0 Å². The Morgan fingerprint density at radius 2 is 1.95 bits per heavy atom. The second-order valence-electron chi connectivity index (χ2n) is 10.3. The molecule has 1 amide bonds. The minimum atomic E-state index is -4.92. The Bertz CT molecular complexity index is 1430. The van der Waals surface area contributed by atoms with Crippen LogP contribution in [-0.4, -0.2) is 78.7 Å². The van der Waals surface area contributed by atoms with E-state index in [-0.39, 0.29) is 44.5 Å². The lowest BCUT2D eigenvalue weighted by Gasteiger charge is -2.34. The molecule has 1 aromatic rings. The van der Waals surface area contributed by atoms with Crippen molar-refractivity contribution in [3.05, 3.63) is 69.4 Å². The van der Waals surface area contributed by atoms with Crippen LogP contribution in [0.2, 0.25) is 0 Å². The van der Waals surface area contributed by atoms with Crippen LogP contribution >= 0.6 is 0 Å². The summed E-state index contributed by atoms with van der Waals surface area (Å²) in [7, 11) is -3.89. The third kappa shape index (κ3) is 6.61. The summed E-state index contributed by atoms with van der Waals surface area (Å²) in [6.07, 6.45) is -2.51. The topological polar surface area (TPSA) is 129 Å². The molecular formula is C27H31F4N3O6S. The number of benzene rings is 1. The van der Waals surface area contributed by atoms with Crippen LogP contribution in [0.1, 0.15) is 44.2 Å². The van der Waals surface area contributed by atoms with Gasteiger partial charge in [0.15, 0.2) is 0 Å². The number of carbonyl (C=O) groups is 1. The summed E-state index contributed by atoms with van der Waals surface area (Å²) in [6.45, 7) is 3.05. The third-order valence-electron chi connectivity index (χ3n) is 7.40. The van der Waals surface area contributed by atoms with E-state index in [1.54, 1.807) is 6.92 Å². The molecule has 2 atom stereocenters. The summed E-state index contributed by atoms with van der Waals surface area (Å²) in [5.41, 5.74) is -0.988. The number of sulfonamides is 1. The predicted molar refractivity (Wildman–Crippen MR) is 142 cm³/mol. The van der Waals surface area contributed by atoms with E-state index in [1.165, 1.54) is 10.4 Å². The van der Waals surface area contributed by atoms with Gasteiger partial charge in [-0.15, -0.1) is 0 Å². The Hall–Kier alpha value is -2.91. The molecule has 2 aliphatic heterocycles. The molecule has 1 saturated heterocycles. The van der Waals surface area contributed by atoms with Crippen LogP contribution in [0.4, 0.5) is 17.6 Å². The number of ether oxygens (including phenoxy) is 1. The molecule has 1 aromatic carbocycles. The van der Waals surface area contributed by atoms with E-state index in [0.29, 0.717) is 12.5 Å². The van der Waals surface area contributed by atoms with Gasteiger partial charge in [0.2, 0.25) is 10.0 Å². The number of nitrogens with one attached hydrogen (secondary N) is 1. The Morgan fingerprint density at radius 3 is 2.56 bits per heavy atom. The number of aliphatic hydroxyl groups is 2. The first-order chi connectivity index (χ1) is 19.2. The van der Waals surface area contributed by atoms with Crippen LogP contribution in [0.3, 0.4) is 0 Å². The molecule has 0 bridgehead atoms. The molecule has 3 aliphatic rings. The van der Waals surface area contributed by atoms with Gasteiger partial charge in [0.25, 0.3) is 5.91 Å².